The van der Waals surface area contributed by atoms with Gasteiger partial charge in [-0.1, -0.05) is 24.3 Å². The zero-order chi connectivity index (χ0) is 18.7. The van der Waals surface area contributed by atoms with Crippen molar-refractivity contribution >= 4 is 5.91 Å². The zero-order valence-electron chi connectivity index (χ0n) is 15.9. The summed E-state index contributed by atoms with van der Waals surface area (Å²) in [6, 6.07) is 9.13. The van der Waals surface area contributed by atoms with Gasteiger partial charge in [0, 0.05) is 43.4 Å². The number of primary amides is 1. The first-order valence-corrected chi connectivity index (χ1v) is 9.22. The van der Waals surface area contributed by atoms with Crippen LogP contribution in [0, 0.1) is 13.8 Å². The van der Waals surface area contributed by atoms with E-state index in [2.05, 4.69) is 41.2 Å². The first-order valence-electron chi connectivity index (χ1n) is 9.22. The highest BCUT2D eigenvalue weighted by molar-refractivity contribution is 5.73. The SMILES string of the molecule is Cc1nn(CCC(N)=O)c(C)c1-c1ccc([C@@H](C)N2CCOCC2)cc1. The van der Waals surface area contributed by atoms with Crippen LogP contribution in [0.2, 0.25) is 0 Å². The largest absolute Gasteiger partial charge is 0.379 e. The van der Waals surface area contributed by atoms with Crippen molar-refractivity contribution in [3.8, 4) is 11.1 Å². The van der Waals surface area contributed by atoms with Crippen molar-refractivity contribution in [1.29, 1.82) is 0 Å². The standard InChI is InChI=1S/C20H28N4O2/c1-14-20(16(3)24(22-14)9-8-19(21)25)18-6-4-17(5-7-18)15(2)23-10-12-26-13-11-23/h4-7,15H,8-13H2,1-3H3,(H2,21,25)/t15-/m1/s1. The van der Waals surface area contributed by atoms with Gasteiger partial charge in [-0.3, -0.25) is 14.4 Å². The predicted octanol–water partition coefficient (Wildman–Crippen LogP) is 2.44. The first kappa shape index (κ1) is 18.6. The second-order valence-electron chi connectivity index (χ2n) is 6.93. The van der Waals surface area contributed by atoms with Gasteiger partial charge in [-0.2, -0.15) is 5.10 Å². The smallest absolute Gasteiger partial charge is 0.219 e. The number of nitrogens with zero attached hydrogens (tertiary/aromatic N) is 3. The first-order chi connectivity index (χ1) is 12.5. The maximum atomic E-state index is 11.0. The average molecular weight is 356 g/mol. The number of aryl methyl sites for hydroxylation is 2. The zero-order valence-corrected chi connectivity index (χ0v) is 15.9. The fourth-order valence-electron chi connectivity index (χ4n) is 3.65. The lowest BCUT2D eigenvalue weighted by Gasteiger charge is -2.32. The van der Waals surface area contributed by atoms with Gasteiger partial charge in [0.2, 0.25) is 5.91 Å². The molecule has 2 aromatic rings. The molecule has 1 aromatic heterocycles. The van der Waals surface area contributed by atoms with E-state index in [1.165, 1.54) is 5.56 Å². The quantitative estimate of drug-likeness (QED) is 0.863. The number of carbonyl (C=O) groups excluding carboxylic acids is 1. The highest BCUT2D eigenvalue weighted by Gasteiger charge is 2.19. The molecule has 3 rings (SSSR count). The van der Waals surface area contributed by atoms with E-state index in [1.807, 2.05) is 18.5 Å². The molecule has 1 aliphatic rings. The fourth-order valence-corrected chi connectivity index (χ4v) is 3.65. The van der Waals surface area contributed by atoms with Gasteiger partial charge < -0.3 is 10.5 Å². The van der Waals surface area contributed by atoms with Crippen molar-refractivity contribution in [2.75, 3.05) is 26.3 Å². The number of rotatable bonds is 6. The molecule has 1 saturated heterocycles. The van der Waals surface area contributed by atoms with Crippen molar-refractivity contribution < 1.29 is 9.53 Å². The number of ether oxygens (including phenoxy) is 1. The van der Waals surface area contributed by atoms with Gasteiger partial charge in [0.05, 0.1) is 18.9 Å². The summed E-state index contributed by atoms with van der Waals surface area (Å²) < 4.78 is 7.32. The molecule has 2 heterocycles. The highest BCUT2D eigenvalue weighted by atomic mass is 16.5. The van der Waals surface area contributed by atoms with Gasteiger partial charge in [-0.15, -0.1) is 0 Å². The monoisotopic (exact) mass is 356 g/mol. The van der Waals surface area contributed by atoms with E-state index in [0.29, 0.717) is 19.0 Å². The lowest BCUT2D eigenvalue weighted by atomic mass is 9.99. The van der Waals surface area contributed by atoms with Gasteiger partial charge in [-0.25, -0.2) is 0 Å². The highest BCUT2D eigenvalue weighted by Crippen LogP contribution is 2.29. The van der Waals surface area contributed by atoms with Crippen LogP contribution in [0.4, 0.5) is 0 Å². The Morgan fingerprint density at radius 1 is 1.23 bits per heavy atom. The van der Waals surface area contributed by atoms with Gasteiger partial charge in [0.15, 0.2) is 0 Å². The second-order valence-corrected chi connectivity index (χ2v) is 6.93. The summed E-state index contributed by atoms with van der Waals surface area (Å²) in [5.74, 6) is -0.305. The lowest BCUT2D eigenvalue weighted by Crippen LogP contribution is -2.37. The van der Waals surface area contributed by atoms with Crippen LogP contribution in [0.3, 0.4) is 0 Å². The molecule has 0 saturated carbocycles. The molecule has 26 heavy (non-hydrogen) atoms. The Kier molecular flexibility index (Phi) is 5.74. The minimum absolute atomic E-state index is 0.303. The molecular weight excluding hydrogens is 328 g/mol. The summed E-state index contributed by atoms with van der Waals surface area (Å²) in [4.78, 5) is 13.5. The third-order valence-corrected chi connectivity index (χ3v) is 5.23. The van der Waals surface area contributed by atoms with E-state index in [4.69, 9.17) is 10.5 Å². The Bertz CT molecular complexity index is 761. The molecule has 140 valence electrons. The van der Waals surface area contributed by atoms with Gasteiger partial charge >= 0.3 is 0 Å². The fraction of sp³-hybridized carbons (Fsp3) is 0.500. The number of carbonyl (C=O) groups is 1. The molecule has 0 spiro atoms. The van der Waals surface area contributed by atoms with E-state index in [0.717, 1.165) is 48.8 Å². The van der Waals surface area contributed by atoms with Crippen LogP contribution in [0.1, 0.15) is 36.3 Å². The van der Waals surface area contributed by atoms with Crippen LogP contribution in [0.25, 0.3) is 11.1 Å². The number of aromatic nitrogens is 2. The van der Waals surface area contributed by atoms with E-state index < -0.39 is 0 Å². The van der Waals surface area contributed by atoms with Gasteiger partial charge in [0.1, 0.15) is 0 Å². The molecule has 1 aromatic carbocycles. The topological polar surface area (TPSA) is 73.4 Å². The molecule has 1 amide bonds. The molecule has 6 nitrogen and oxygen atoms in total. The van der Waals surface area contributed by atoms with Crippen LogP contribution in [0.15, 0.2) is 24.3 Å². The molecular formula is C20H28N4O2. The molecule has 2 N–H and O–H groups in total. The Balaban J connectivity index is 1.79. The van der Waals surface area contributed by atoms with Crippen LogP contribution in [-0.2, 0) is 16.1 Å². The minimum Gasteiger partial charge on any atom is -0.379 e. The molecule has 0 aliphatic carbocycles. The predicted molar refractivity (Wildman–Crippen MR) is 102 cm³/mol. The molecule has 1 fully saturated rings. The summed E-state index contributed by atoms with van der Waals surface area (Å²) >= 11 is 0. The average Bonchev–Trinajstić information content (AvgIpc) is 2.94. The van der Waals surface area contributed by atoms with E-state index in [9.17, 15) is 4.79 Å². The summed E-state index contributed by atoms with van der Waals surface area (Å²) in [6.45, 7) is 10.4. The van der Waals surface area contributed by atoms with Crippen LogP contribution < -0.4 is 5.73 Å². The van der Waals surface area contributed by atoms with Crippen molar-refractivity contribution in [2.45, 2.75) is 39.8 Å². The Morgan fingerprint density at radius 2 is 1.88 bits per heavy atom. The Labute approximate surface area is 154 Å². The van der Waals surface area contributed by atoms with Crippen molar-refractivity contribution in [3.05, 3.63) is 41.2 Å². The molecule has 0 bridgehead atoms. The van der Waals surface area contributed by atoms with Crippen molar-refractivity contribution in [1.82, 2.24) is 14.7 Å². The maximum Gasteiger partial charge on any atom is 0.219 e. The summed E-state index contributed by atoms with van der Waals surface area (Å²) in [5.41, 5.74) is 10.9. The van der Waals surface area contributed by atoms with Gasteiger partial charge in [0.25, 0.3) is 0 Å². The third kappa shape index (κ3) is 3.97. The number of nitrogens with two attached hydrogens (primary N) is 1. The van der Waals surface area contributed by atoms with Crippen LogP contribution >= 0.6 is 0 Å². The summed E-state index contributed by atoms with van der Waals surface area (Å²) in [7, 11) is 0. The summed E-state index contributed by atoms with van der Waals surface area (Å²) in [6.07, 6.45) is 0.303. The molecule has 1 atom stereocenters. The maximum absolute atomic E-state index is 11.0. The number of benzene rings is 1. The van der Waals surface area contributed by atoms with E-state index in [-0.39, 0.29) is 5.91 Å². The molecule has 0 radical (unpaired) electrons. The molecule has 1 aliphatic heterocycles. The van der Waals surface area contributed by atoms with Crippen molar-refractivity contribution in [3.63, 3.8) is 0 Å². The Morgan fingerprint density at radius 3 is 2.50 bits per heavy atom. The Hall–Kier alpha value is -2.18. The second kappa shape index (κ2) is 8.01. The molecule has 0 unspecified atom stereocenters. The summed E-state index contributed by atoms with van der Waals surface area (Å²) in [5, 5.41) is 4.58. The van der Waals surface area contributed by atoms with E-state index in [1.54, 1.807) is 0 Å². The molecule has 6 heteroatoms. The number of amides is 1. The lowest BCUT2D eigenvalue weighted by molar-refractivity contribution is -0.118. The van der Waals surface area contributed by atoms with Crippen LogP contribution in [0.5, 0.6) is 0 Å². The van der Waals surface area contributed by atoms with E-state index >= 15 is 0 Å². The van der Waals surface area contributed by atoms with Crippen LogP contribution in [-0.4, -0.2) is 46.9 Å². The number of morpholine rings is 1. The number of hydrogen-bond donors (Lipinski definition) is 1. The third-order valence-electron chi connectivity index (χ3n) is 5.23. The van der Waals surface area contributed by atoms with Gasteiger partial charge in [-0.05, 0) is 31.9 Å². The normalized spacial score (nSPS) is 16.6. The number of hydrogen-bond acceptors (Lipinski definition) is 4. The van der Waals surface area contributed by atoms with Crippen molar-refractivity contribution in [2.24, 2.45) is 5.73 Å². The minimum atomic E-state index is -0.305.